The topological polar surface area (TPSA) is 79.9 Å². The highest BCUT2D eigenvalue weighted by Gasteiger charge is 2.29. The van der Waals surface area contributed by atoms with Gasteiger partial charge in [0.15, 0.2) is 6.04 Å². The Hall–Kier alpha value is -2.93. The van der Waals surface area contributed by atoms with Gasteiger partial charge < -0.3 is 15.1 Å². The van der Waals surface area contributed by atoms with Crippen molar-refractivity contribution in [3.05, 3.63) is 70.3 Å². The Morgan fingerprint density at radius 3 is 2.37 bits per heavy atom. The third-order valence-corrected chi connectivity index (χ3v) is 5.15. The number of carbonyl (C=O) groups is 1. The van der Waals surface area contributed by atoms with Gasteiger partial charge >= 0.3 is 0 Å². The zero-order chi connectivity index (χ0) is 19.2. The summed E-state index contributed by atoms with van der Waals surface area (Å²) in [6.07, 6.45) is 0. The van der Waals surface area contributed by atoms with E-state index in [-0.39, 0.29) is 22.6 Å². The van der Waals surface area contributed by atoms with Crippen molar-refractivity contribution in [2.75, 3.05) is 31.1 Å². The third-order valence-electron chi connectivity index (χ3n) is 5.15. The zero-order valence-corrected chi connectivity index (χ0v) is 15.4. The summed E-state index contributed by atoms with van der Waals surface area (Å²) in [5.74, 6) is 0.0673. The average molecular weight is 369 g/mol. The molecule has 1 amide bonds. The number of benzene rings is 2. The van der Waals surface area contributed by atoms with Crippen molar-refractivity contribution >= 4 is 17.3 Å². The molecule has 2 aromatic rings. The number of nitro groups is 1. The van der Waals surface area contributed by atoms with E-state index in [1.807, 2.05) is 37.3 Å². The van der Waals surface area contributed by atoms with Crippen molar-refractivity contribution < 1.29 is 14.6 Å². The summed E-state index contributed by atoms with van der Waals surface area (Å²) in [7, 11) is 0. The van der Waals surface area contributed by atoms with Crippen LogP contribution in [0.15, 0.2) is 54.6 Å². The van der Waals surface area contributed by atoms with Crippen LogP contribution in [0.4, 0.5) is 11.4 Å². The van der Waals surface area contributed by atoms with Crippen LogP contribution in [0.3, 0.4) is 0 Å². The molecule has 7 nitrogen and oxygen atoms in total. The minimum absolute atomic E-state index is 0.0673. The van der Waals surface area contributed by atoms with Gasteiger partial charge in [0.1, 0.15) is 0 Å². The molecule has 2 N–H and O–H groups in total. The molecule has 27 heavy (non-hydrogen) atoms. The first-order valence-corrected chi connectivity index (χ1v) is 9.20. The van der Waals surface area contributed by atoms with Crippen molar-refractivity contribution in [1.29, 1.82) is 0 Å². The fraction of sp³-hybridized carbons (Fsp3) is 0.350. The van der Waals surface area contributed by atoms with Gasteiger partial charge in [-0.25, -0.2) is 0 Å². The number of nitro benzene ring substituents is 1. The Morgan fingerprint density at radius 2 is 1.78 bits per heavy atom. The summed E-state index contributed by atoms with van der Waals surface area (Å²) >= 11 is 0. The minimum atomic E-state index is -0.387. The number of carbonyl (C=O) groups excluding carboxylic acids is 1. The van der Waals surface area contributed by atoms with Crippen LogP contribution in [0.2, 0.25) is 0 Å². The molecule has 1 atom stereocenters. The highest BCUT2D eigenvalue weighted by molar-refractivity contribution is 5.79. The fourth-order valence-corrected chi connectivity index (χ4v) is 3.39. The molecular weight excluding hydrogens is 344 g/mol. The number of non-ortho nitro benzene ring substituents is 1. The van der Waals surface area contributed by atoms with Crippen LogP contribution >= 0.6 is 0 Å². The second kappa shape index (κ2) is 8.64. The normalized spacial score (nSPS) is 16.0. The molecule has 1 fully saturated rings. The van der Waals surface area contributed by atoms with E-state index in [1.165, 1.54) is 17.0 Å². The lowest BCUT2D eigenvalue weighted by Crippen LogP contribution is -3.19. The molecule has 1 saturated heterocycles. The second-order valence-electron chi connectivity index (χ2n) is 6.84. The average Bonchev–Trinajstić information content (AvgIpc) is 2.72. The Bertz CT molecular complexity index is 772. The number of nitrogens with one attached hydrogen (secondary N) is 2. The molecule has 1 heterocycles. The zero-order valence-electron chi connectivity index (χ0n) is 15.4. The smallest absolute Gasteiger partial charge is 0.278 e. The second-order valence-corrected chi connectivity index (χ2v) is 6.84. The number of quaternary nitrogens is 1. The summed E-state index contributed by atoms with van der Waals surface area (Å²) in [5, 5.41) is 13.8. The van der Waals surface area contributed by atoms with E-state index in [1.54, 1.807) is 12.1 Å². The van der Waals surface area contributed by atoms with Gasteiger partial charge in [0.2, 0.25) is 0 Å². The summed E-state index contributed by atoms with van der Waals surface area (Å²) in [6.45, 7) is 5.88. The maximum atomic E-state index is 12.5. The molecule has 2 aromatic carbocycles. The number of hydrogen-bond acceptors (Lipinski definition) is 4. The number of piperazine rings is 1. The molecule has 3 rings (SSSR count). The summed E-state index contributed by atoms with van der Waals surface area (Å²) in [5.41, 5.74) is 2.18. The highest BCUT2D eigenvalue weighted by atomic mass is 16.6. The van der Waals surface area contributed by atoms with Crippen LogP contribution in [-0.4, -0.2) is 43.1 Å². The SMILES string of the molecule is C[C@H](C(=O)NCc1ccccc1)[NH+]1CCN(c2ccc([N+](=O)[O-])cc2)CC1. The molecule has 0 spiro atoms. The minimum Gasteiger partial charge on any atom is -0.360 e. The predicted octanol–water partition coefficient (Wildman–Crippen LogP) is 1.00. The maximum absolute atomic E-state index is 12.5. The lowest BCUT2D eigenvalue weighted by atomic mass is 10.1. The van der Waals surface area contributed by atoms with Gasteiger partial charge in [0, 0.05) is 24.4 Å². The number of amides is 1. The predicted molar refractivity (Wildman–Crippen MR) is 104 cm³/mol. The highest BCUT2D eigenvalue weighted by Crippen LogP contribution is 2.19. The molecular formula is C20H25N4O3+. The van der Waals surface area contributed by atoms with Gasteiger partial charge in [-0.2, -0.15) is 0 Å². The standard InChI is InChI=1S/C20H24N4O3/c1-16(20(25)21-15-17-5-3-2-4-6-17)22-11-13-23(14-12-22)18-7-9-19(10-8-18)24(26)27/h2-10,16H,11-15H2,1H3,(H,21,25)/p+1/t16-/m1/s1. The van der Waals surface area contributed by atoms with E-state index in [9.17, 15) is 14.9 Å². The number of anilines is 1. The largest absolute Gasteiger partial charge is 0.360 e. The summed E-state index contributed by atoms with van der Waals surface area (Å²) < 4.78 is 0. The molecule has 7 heteroatoms. The summed E-state index contributed by atoms with van der Waals surface area (Å²) in [6, 6.07) is 16.4. The van der Waals surface area contributed by atoms with Crippen LogP contribution < -0.4 is 15.1 Å². The van der Waals surface area contributed by atoms with E-state index < -0.39 is 0 Å². The monoisotopic (exact) mass is 369 g/mol. The Labute approximate surface area is 158 Å². The number of nitrogens with zero attached hydrogens (tertiary/aromatic N) is 2. The van der Waals surface area contributed by atoms with Crippen LogP contribution in [0.25, 0.3) is 0 Å². The Morgan fingerprint density at radius 1 is 1.15 bits per heavy atom. The van der Waals surface area contributed by atoms with Gasteiger partial charge in [0.05, 0.1) is 31.1 Å². The van der Waals surface area contributed by atoms with Crippen molar-refractivity contribution in [2.45, 2.75) is 19.5 Å². The Balaban J connectivity index is 1.49. The van der Waals surface area contributed by atoms with Crippen LogP contribution in [0, 0.1) is 10.1 Å². The van der Waals surface area contributed by atoms with Crippen molar-refractivity contribution in [3.8, 4) is 0 Å². The van der Waals surface area contributed by atoms with Gasteiger partial charge in [0.25, 0.3) is 11.6 Å². The molecule has 0 aliphatic carbocycles. The quantitative estimate of drug-likeness (QED) is 0.588. The fourth-order valence-electron chi connectivity index (χ4n) is 3.39. The van der Waals surface area contributed by atoms with E-state index in [2.05, 4.69) is 10.2 Å². The van der Waals surface area contributed by atoms with Gasteiger partial charge in [-0.05, 0) is 24.6 Å². The van der Waals surface area contributed by atoms with Crippen LogP contribution in [-0.2, 0) is 11.3 Å². The van der Waals surface area contributed by atoms with Gasteiger partial charge in [-0.3, -0.25) is 14.9 Å². The lowest BCUT2D eigenvalue weighted by molar-refractivity contribution is -0.914. The Kier molecular flexibility index (Phi) is 6.03. The van der Waals surface area contributed by atoms with Crippen LogP contribution in [0.5, 0.6) is 0 Å². The van der Waals surface area contributed by atoms with Gasteiger partial charge in [-0.15, -0.1) is 0 Å². The van der Waals surface area contributed by atoms with Crippen molar-refractivity contribution in [2.24, 2.45) is 0 Å². The third kappa shape index (κ3) is 4.83. The van der Waals surface area contributed by atoms with Gasteiger partial charge in [-0.1, -0.05) is 30.3 Å². The summed E-state index contributed by atoms with van der Waals surface area (Å²) in [4.78, 5) is 26.3. The van der Waals surface area contributed by atoms with E-state index in [0.29, 0.717) is 6.54 Å². The van der Waals surface area contributed by atoms with Crippen LogP contribution in [0.1, 0.15) is 12.5 Å². The molecule has 0 saturated carbocycles. The van der Waals surface area contributed by atoms with E-state index in [4.69, 9.17) is 0 Å². The van der Waals surface area contributed by atoms with E-state index >= 15 is 0 Å². The first-order chi connectivity index (χ1) is 13.0. The van der Waals surface area contributed by atoms with E-state index in [0.717, 1.165) is 37.4 Å². The molecule has 142 valence electrons. The molecule has 1 aliphatic rings. The first kappa shape index (κ1) is 18.8. The molecule has 0 unspecified atom stereocenters. The molecule has 0 bridgehead atoms. The number of hydrogen-bond donors (Lipinski definition) is 2. The molecule has 1 aliphatic heterocycles. The molecule has 0 radical (unpaired) electrons. The number of rotatable bonds is 6. The van der Waals surface area contributed by atoms with Crippen molar-refractivity contribution in [1.82, 2.24) is 5.32 Å². The maximum Gasteiger partial charge on any atom is 0.278 e. The first-order valence-electron chi connectivity index (χ1n) is 9.20. The van der Waals surface area contributed by atoms with Crippen molar-refractivity contribution in [3.63, 3.8) is 0 Å². The molecule has 0 aromatic heterocycles. The lowest BCUT2D eigenvalue weighted by Gasteiger charge is -2.36.